The van der Waals surface area contributed by atoms with Crippen LogP contribution in [0.5, 0.6) is 6.01 Å². The number of rotatable bonds is 6. The lowest BCUT2D eigenvalue weighted by atomic mass is 9.74. The minimum atomic E-state index is -0.494. The molecule has 208 valence electrons. The van der Waals surface area contributed by atoms with Crippen LogP contribution in [0.3, 0.4) is 0 Å². The molecule has 10 nitrogen and oxygen atoms in total. The van der Waals surface area contributed by atoms with E-state index in [1.165, 1.54) is 6.07 Å². The molecule has 5 heterocycles. The van der Waals surface area contributed by atoms with Crippen molar-refractivity contribution < 1.29 is 13.9 Å². The predicted octanol–water partition coefficient (Wildman–Crippen LogP) is 3.23. The maximum atomic E-state index is 14.7. The molecule has 2 atom stereocenters. The van der Waals surface area contributed by atoms with E-state index in [0.29, 0.717) is 40.8 Å². The number of hydrogen-bond acceptors (Lipinski definition) is 8. The van der Waals surface area contributed by atoms with Crippen molar-refractivity contribution >= 4 is 39.1 Å². The highest BCUT2D eigenvalue weighted by molar-refractivity contribution is 6.14. The number of nitrogens with one attached hydrogen (secondary N) is 3. The highest BCUT2D eigenvalue weighted by atomic mass is 19.1. The van der Waals surface area contributed by atoms with Gasteiger partial charge in [-0.25, -0.2) is 9.37 Å². The van der Waals surface area contributed by atoms with Crippen LogP contribution >= 0.6 is 0 Å². The van der Waals surface area contributed by atoms with Gasteiger partial charge in [-0.3, -0.25) is 9.48 Å². The van der Waals surface area contributed by atoms with Crippen molar-refractivity contribution in [3.8, 4) is 6.01 Å². The number of aryl methyl sites for hydroxylation is 1. The number of halogens is 1. The van der Waals surface area contributed by atoms with Crippen molar-refractivity contribution in [2.24, 2.45) is 13.0 Å². The summed E-state index contributed by atoms with van der Waals surface area (Å²) in [6.07, 6.45) is 5.69. The molecule has 4 aliphatic rings. The summed E-state index contributed by atoms with van der Waals surface area (Å²) < 4.78 is 22.3. The first-order valence-corrected chi connectivity index (χ1v) is 13.9. The van der Waals surface area contributed by atoms with Crippen LogP contribution in [0.4, 0.5) is 15.8 Å². The smallest absolute Gasteiger partial charge is 0.317 e. The highest BCUT2D eigenvalue weighted by Crippen LogP contribution is 2.43. The van der Waals surface area contributed by atoms with Crippen LogP contribution in [0.1, 0.15) is 37.0 Å². The number of amides is 1. The molecular weight excluding hydrogens is 511 g/mol. The molecule has 2 aromatic heterocycles. The van der Waals surface area contributed by atoms with Crippen molar-refractivity contribution in [3.63, 3.8) is 0 Å². The van der Waals surface area contributed by atoms with Gasteiger partial charge in [0.1, 0.15) is 12.1 Å². The van der Waals surface area contributed by atoms with E-state index in [4.69, 9.17) is 9.72 Å². The molecule has 1 amide bonds. The second-order valence-electron chi connectivity index (χ2n) is 11.8. The number of anilines is 2. The molecule has 4 aromatic rings. The summed E-state index contributed by atoms with van der Waals surface area (Å²) in [5.41, 5.74) is 2.46. The van der Waals surface area contributed by atoms with E-state index < -0.39 is 5.82 Å². The monoisotopic (exact) mass is 544 g/mol. The van der Waals surface area contributed by atoms with Gasteiger partial charge in [0, 0.05) is 66.8 Å². The third-order valence-corrected chi connectivity index (χ3v) is 8.38. The van der Waals surface area contributed by atoms with E-state index in [0.717, 1.165) is 49.5 Å². The molecule has 11 heteroatoms. The Bertz CT molecular complexity index is 1620. The Hall–Kier alpha value is -3.83. The van der Waals surface area contributed by atoms with Crippen LogP contribution in [-0.4, -0.2) is 69.5 Å². The van der Waals surface area contributed by atoms with Crippen molar-refractivity contribution in [3.05, 3.63) is 48.0 Å². The number of carbonyl (C=O) groups is 1. The van der Waals surface area contributed by atoms with Gasteiger partial charge in [0.2, 0.25) is 0 Å². The minimum absolute atomic E-state index is 0.00707. The first-order chi connectivity index (χ1) is 19.2. The third kappa shape index (κ3) is 4.43. The van der Waals surface area contributed by atoms with Crippen LogP contribution < -0.4 is 25.6 Å². The Labute approximate surface area is 231 Å². The van der Waals surface area contributed by atoms with Gasteiger partial charge in [-0.15, -0.1) is 0 Å². The topological polar surface area (TPSA) is 109 Å². The summed E-state index contributed by atoms with van der Waals surface area (Å²) in [5, 5.41) is 15.5. The number of aromatic nitrogens is 4. The molecule has 1 saturated carbocycles. The fourth-order valence-electron chi connectivity index (χ4n) is 6.69. The molecule has 2 aromatic carbocycles. The normalized spacial score (nSPS) is 25.8. The molecule has 3 N–H and O–H groups in total. The van der Waals surface area contributed by atoms with Gasteiger partial charge in [0.05, 0.1) is 16.6 Å². The van der Waals surface area contributed by atoms with E-state index in [1.807, 2.05) is 6.07 Å². The summed E-state index contributed by atoms with van der Waals surface area (Å²) in [6, 6.07) is 7.61. The zero-order valence-electron chi connectivity index (χ0n) is 22.9. The minimum Gasteiger partial charge on any atom is -0.461 e. The van der Waals surface area contributed by atoms with Gasteiger partial charge < -0.3 is 25.6 Å². The Balaban J connectivity index is 1.24. The van der Waals surface area contributed by atoms with Crippen molar-refractivity contribution in [1.29, 1.82) is 0 Å². The van der Waals surface area contributed by atoms with Crippen LogP contribution in [0.25, 0.3) is 21.8 Å². The SMILES string of the molecule is CC1CN(c2ccc(C(=O)Nc3cc(F)c4nn(C)cc4c3)c3nc(OCC45CC(CN4)C5)ncc23)C[C@@H](C)N1. The van der Waals surface area contributed by atoms with Crippen LogP contribution in [0.15, 0.2) is 36.7 Å². The molecule has 0 spiro atoms. The molecule has 2 bridgehead atoms. The number of hydrogen-bond donors (Lipinski definition) is 3. The van der Waals surface area contributed by atoms with Gasteiger partial charge in [-0.05, 0) is 63.4 Å². The second kappa shape index (κ2) is 9.38. The van der Waals surface area contributed by atoms with Crippen LogP contribution in [-0.2, 0) is 7.05 Å². The Kier molecular flexibility index (Phi) is 5.90. The maximum Gasteiger partial charge on any atom is 0.317 e. The zero-order valence-corrected chi connectivity index (χ0v) is 22.9. The standard InChI is InChI=1S/C29H33FN8O2/c1-16-12-38(13-17(2)33-16)24-5-4-21(27(39)34-20-6-19-14-37(3)36-25(19)23(30)7-20)26-22(24)11-31-28(35-26)40-15-29-8-18(9-29)10-32-29/h4-7,11,14,16-18,32-33H,8-10,12-13,15H2,1-3H3,(H,34,39)/t16-,17?,18?,29?/m1/s1. The predicted molar refractivity (Wildman–Crippen MR) is 151 cm³/mol. The van der Waals surface area contributed by atoms with Crippen molar-refractivity contribution in [2.45, 2.75) is 44.3 Å². The van der Waals surface area contributed by atoms with Gasteiger partial charge in [0.25, 0.3) is 5.91 Å². The van der Waals surface area contributed by atoms with E-state index in [-0.39, 0.29) is 23.0 Å². The first-order valence-electron chi connectivity index (χ1n) is 13.9. The second-order valence-corrected chi connectivity index (χ2v) is 11.8. The molecule has 3 saturated heterocycles. The summed E-state index contributed by atoms with van der Waals surface area (Å²) in [4.78, 5) is 25.2. The Morgan fingerprint density at radius 2 is 2.00 bits per heavy atom. The maximum absolute atomic E-state index is 14.7. The Morgan fingerprint density at radius 3 is 2.75 bits per heavy atom. The summed E-state index contributed by atoms with van der Waals surface area (Å²) >= 11 is 0. The van der Waals surface area contributed by atoms with Crippen molar-refractivity contribution in [2.75, 3.05) is 36.5 Å². The first kappa shape index (κ1) is 25.2. The number of nitrogens with zero attached hydrogens (tertiary/aromatic N) is 5. The van der Waals surface area contributed by atoms with Gasteiger partial charge >= 0.3 is 6.01 Å². The summed E-state index contributed by atoms with van der Waals surface area (Å²) in [6.45, 7) is 7.49. The summed E-state index contributed by atoms with van der Waals surface area (Å²) in [5.74, 6) is -0.144. The number of benzene rings is 2. The van der Waals surface area contributed by atoms with E-state index in [1.54, 1.807) is 36.3 Å². The third-order valence-electron chi connectivity index (χ3n) is 8.38. The van der Waals surface area contributed by atoms with Crippen LogP contribution in [0.2, 0.25) is 0 Å². The lowest BCUT2D eigenvalue weighted by Gasteiger charge is -2.38. The quantitative estimate of drug-likeness (QED) is 0.340. The summed E-state index contributed by atoms with van der Waals surface area (Å²) in [7, 11) is 1.73. The van der Waals surface area contributed by atoms with Crippen molar-refractivity contribution in [1.82, 2.24) is 30.4 Å². The van der Waals surface area contributed by atoms with E-state index >= 15 is 0 Å². The van der Waals surface area contributed by atoms with Crippen LogP contribution in [0, 0.1) is 11.7 Å². The lowest BCUT2D eigenvalue weighted by Crippen LogP contribution is -2.54. The molecule has 1 unspecified atom stereocenters. The molecule has 0 radical (unpaired) electrons. The molecule has 4 fully saturated rings. The van der Waals surface area contributed by atoms with Gasteiger partial charge in [-0.1, -0.05) is 0 Å². The van der Waals surface area contributed by atoms with Gasteiger partial charge in [-0.2, -0.15) is 10.1 Å². The molecule has 40 heavy (non-hydrogen) atoms. The molecule has 8 rings (SSSR count). The number of piperazine rings is 1. The number of carbonyl (C=O) groups excluding carboxylic acids is 1. The highest BCUT2D eigenvalue weighted by Gasteiger charge is 2.50. The fourth-order valence-corrected chi connectivity index (χ4v) is 6.69. The number of ether oxygens (including phenoxy) is 1. The zero-order chi connectivity index (χ0) is 27.6. The van der Waals surface area contributed by atoms with E-state index in [9.17, 15) is 9.18 Å². The lowest BCUT2D eigenvalue weighted by molar-refractivity contribution is 0.102. The molecular formula is C29H33FN8O2. The molecule has 1 aliphatic carbocycles. The van der Waals surface area contributed by atoms with E-state index in [2.05, 4.69) is 44.8 Å². The average Bonchev–Trinajstić information content (AvgIpc) is 3.60. The Morgan fingerprint density at radius 1 is 1.20 bits per heavy atom. The molecule has 3 aliphatic heterocycles. The number of fused-ring (bicyclic) bond motifs is 3. The van der Waals surface area contributed by atoms with Gasteiger partial charge in [0.15, 0.2) is 5.82 Å². The largest absolute Gasteiger partial charge is 0.461 e. The average molecular weight is 545 g/mol. The fraction of sp³-hybridized carbons (Fsp3) is 0.448.